The Morgan fingerprint density at radius 3 is 1.54 bits per heavy atom. The molecule has 390 valence electrons. The maximum atomic E-state index is 13.5. The number of phenols is 2. The Morgan fingerprint density at radius 1 is 0.554 bits per heavy atom. The predicted octanol–water partition coefficient (Wildman–Crippen LogP) is 12.7. The number of amides is 2. The van der Waals surface area contributed by atoms with Crippen LogP contribution in [0.15, 0.2) is 125 Å². The van der Waals surface area contributed by atoms with E-state index in [4.69, 9.17) is 44.3 Å². The average molecular weight is 1160 g/mol. The molecular formula is C43H35Cl3N6O18S4. The Bertz CT molecular complexity index is 3820. The van der Waals surface area contributed by atoms with Crippen LogP contribution in [0.4, 0.5) is 34.1 Å². The van der Waals surface area contributed by atoms with Gasteiger partial charge in [0.15, 0.2) is 11.5 Å². The second kappa shape index (κ2) is 20.7. The van der Waals surface area contributed by atoms with Crippen molar-refractivity contribution in [2.24, 2.45) is 20.5 Å². The van der Waals surface area contributed by atoms with Gasteiger partial charge in [0.05, 0.1) is 55.9 Å². The molecule has 0 aliphatic heterocycles. The molecule has 0 aromatic heterocycles. The van der Waals surface area contributed by atoms with Gasteiger partial charge in [0, 0.05) is 33.5 Å². The van der Waals surface area contributed by atoms with Crippen LogP contribution < -0.4 is 20.1 Å². The summed E-state index contributed by atoms with van der Waals surface area (Å²) < 4.78 is 143. The van der Waals surface area contributed by atoms with Gasteiger partial charge in [-0.3, -0.25) is 18.7 Å². The third-order valence-corrected chi connectivity index (χ3v) is 15.3. The molecule has 0 aliphatic rings. The zero-order chi connectivity index (χ0) is 54.6. The number of hydrogen-bond donors (Lipinski definition) is 12. The number of fused-ring (bicyclic) bond motifs is 2. The quantitative estimate of drug-likeness (QED) is 0.0355. The number of hydrogen-bond acceptors (Lipinski definition) is 20. The summed E-state index contributed by atoms with van der Waals surface area (Å²) in [5, 5.41) is 42.4. The fraction of sp³-hybridized carbons (Fsp3) is 0.0698. The highest BCUT2D eigenvalue weighted by molar-refractivity contribution is 8.19. The van der Waals surface area contributed by atoms with Crippen LogP contribution >= 0.6 is 56.5 Å². The predicted molar refractivity (Wildman–Crippen MR) is 275 cm³/mol. The summed E-state index contributed by atoms with van der Waals surface area (Å²) >= 11 is 18.5. The number of benzene rings is 7. The van der Waals surface area contributed by atoms with Crippen LogP contribution in [0, 0.1) is 6.92 Å². The molecule has 0 heterocycles. The summed E-state index contributed by atoms with van der Waals surface area (Å²) in [6.45, 7) is 1.67. The van der Waals surface area contributed by atoms with Gasteiger partial charge < -0.3 is 57.6 Å². The number of methoxy groups -OCH3 is 2. The standard InChI is InChI=1S/C43H35Cl3N6O18S4/c1-18-7-8-19(11-26(18)45)42(55)47-29-14-22(71(57,58)59)9-20-12-33(73(63,64)65)38(40(53)35(20)29)51-49-27-16-32(70-3)28(17-31(27)69-2)50-52-39-34(74(66,67)68)13-21-10-23(72(60,61)62)15-30(36(21)41(39)54)48-43(56)24-5-4-6-25(44)37(24)46/h4-17,53-54,60-65H,1-3H3,(H,47,55)(H,48,56)(H,57,58,59)(H,66,67,68). The third-order valence-electron chi connectivity index (χ3n) is 10.6. The van der Waals surface area contributed by atoms with E-state index in [0.717, 1.165) is 56.7 Å². The first-order valence-corrected chi connectivity index (χ1v) is 27.0. The number of carbonyl (C=O) groups is 2. The number of rotatable bonds is 14. The average Bonchev–Trinajstić information content (AvgIpc) is 3.30. The highest BCUT2D eigenvalue weighted by Gasteiger charge is 2.30. The number of nitrogens with one attached hydrogen (secondary N) is 2. The molecule has 0 atom stereocenters. The molecule has 0 saturated carbocycles. The lowest BCUT2D eigenvalue weighted by atomic mass is 10.1. The van der Waals surface area contributed by atoms with Crippen LogP contribution in [0.1, 0.15) is 26.3 Å². The van der Waals surface area contributed by atoms with Crippen molar-refractivity contribution in [3.05, 3.63) is 117 Å². The maximum Gasteiger partial charge on any atom is 0.296 e. The highest BCUT2D eigenvalue weighted by atomic mass is 35.5. The van der Waals surface area contributed by atoms with Gasteiger partial charge in [-0.1, -0.05) is 46.9 Å². The van der Waals surface area contributed by atoms with Gasteiger partial charge in [0.2, 0.25) is 0 Å². The molecule has 7 aromatic rings. The first-order chi connectivity index (χ1) is 34.4. The van der Waals surface area contributed by atoms with E-state index >= 15 is 0 Å². The fourth-order valence-corrected chi connectivity index (χ4v) is 10.1. The molecule has 74 heavy (non-hydrogen) atoms. The molecule has 0 unspecified atom stereocenters. The number of ether oxygens (including phenoxy) is 2. The molecule has 0 bridgehead atoms. The first-order valence-electron chi connectivity index (χ1n) is 20.0. The minimum atomic E-state index is -5.36. The number of anilines is 2. The van der Waals surface area contributed by atoms with Crippen molar-refractivity contribution < 1.29 is 82.5 Å². The zero-order valence-corrected chi connectivity index (χ0v) is 42.9. The normalized spacial score (nSPS) is 12.9. The van der Waals surface area contributed by atoms with E-state index in [0.29, 0.717) is 11.6 Å². The third kappa shape index (κ3) is 11.4. The minimum Gasteiger partial charge on any atom is -0.505 e. The van der Waals surface area contributed by atoms with Crippen molar-refractivity contribution in [1.82, 2.24) is 0 Å². The van der Waals surface area contributed by atoms with E-state index < -0.39 is 124 Å². The Labute approximate surface area is 435 Å². The Kier molecular flexibility index (Phi) is 15.5. The largest absolute Gasteiger partial charge is 0.505 e. The first kappa shape index (κ1) is 55.3. The van der Waals surface area contributed by atoms with Crippen LogP contribution in [0.2, 0.25) is 15.1 Å². The topological polar surface area (TPSA) is 397 Å². The molecule has 2 amide bonds. The summed E-state index contributed by atoms with van der Waals surface area (Å²) in [5.41, 5.74) is -3.00. The van der Waals surface area contributed by atoms with Crippen LogP contribution in [0.3, 0.4) is 0 Å². The number of aryl methyl sites for hydroxylation is 1. The van der Waals surface area contributed by atoms with Crippen molar-refractivity contribution in [2.75, 3.05) is 24.9 Å². The van der Waals surface area contributed by atoms with Crippen molar-refractivity contribution in [1.29, 1.82) is 0 Å². The second-order valence-corrected chi connectivity index (χ2v) is 22.3. The summed E-state index contributed by atoms with van der Waals surface area (Å²) in [7, 11) is -17.6. The number of nitrogens with zero attached hydrogens (tertiary/aromatic N) is 4. The molecule has 0 saturated heterocycles. The monoisotopic (exact) mass is 1160 g/mol. The van der Waals surface area contributed by atoms with Crippen LogP contribution in [-0.4, -0.2) is 89.5 Å². The van der Waals surface area contributed by atoms with Gasteiger partial charge >= 0.3 is 0 Å². The molecule has 12 N–H and O–H groups in total. The van der Waals surface area contributed by atoms with Gasteiger partial charge in [0.25, 0.3) is 32.1 Å². The van der Waals surface area contributed by atoms with E-state index in [-0.39, 0.29) is 54.5 Å². The molecule has 7 rings (SSSR count). The fourth-order valence-electron chi connectivity index (χ4n) is 7.05. The molecule has 24 nitrogen and oxygen atoms in total. The van der Waals surface area contributed by atoms with E-state index in [1.54, 1.807) is 6.92 Å². The smallest absolute Gasteiger partial charge is 0.296 e. The van der Waals surface area contributed by atoms with Crippen molar-refractivity contribution >= 4 is 144 Å². The van der Waals surface area contributed by atoms with E-state index in [2.05, 4.69) is 31.1 Å². The number of halogens is 3. The summed E-state index contributed by atoms with van der Waals surface area (Å²) in [6, 6.07) is 15.1. The van der Waals surface area contributed by atoms with E-state index in [9.17, 15) is 73.1 Å². The SMILES string of the molecule is COc1cc(N=Nc2c(S(=O)(=O)O)cc3cc(S(O)(O)O)cc(NC(=O)c4cccc(Cl)c4Cl)c3c2O)c(OC)cc1N=Nc1c(S(O)(O)O)cc2cc(S(=O)(=O)O)cc(NC(=O)c3ccc(C)c(Cl)c3)c2c1O. The molecule has 0 aliphatic carbocycles. The number of azo groups is 2. The summed E-state index contributed by atoms with van der Waals surface area (Å²) in [5.74, 6) is -4.50. The second-order valence-electron chi connectivity index (χ2n) is 15.3. The van der Waals surface area contributed by atoms with Gasteiger partial charge in [-0.2, -0.15) is 16.8 Å². The molecule has 0 spiro atoms. The van der Waals surface area contributed by atoms with Crippen LogP contribution in [0.5, 0.6) is 23.0 Å². The van der Waals surface area contributed by atoms with Crippen molar-refractivity contribution in [2.45, 2.75) is 26.5 Å². The molecule has 7 aromatic carbocycles. The number of carbonyl (C=O) groups excluding carboxylic acids is 2. The lowest BCUT2D eigenvalue weighted by Crippen LogP contribution is -2.13. The number of aromatic hydroxyl groups is 2. The summed E-state index contributed by atoms with van der Waals surface area (Å²) in [6.07, 6.45) is 0. The van der Waals surface area contributed by atoms with Gasteiger partial charge in [-0.15, -0.1) is 20.5 Å². The van der Waals surface area contributed by atoms with Crippen molar-refractivity contribution in [3.8, 4) is 23.0 Å². The molecular weight excluding hydrogens is 1120 g/mol. The Balaban J connectivity index is 1.36. The maximum absolute atomic E-state index is 13.5. The van der Waals surface area contributed by atoms with Gasteiger partial charge in [-0.05, 0) is 83.9 Å². The van der Waals surface area contributed by atoms with Gasteiger partial charge in [-0.25, -0.2) is 0 Å². The highest BCUT2D eigenvalue weighted by Crippen LogP contribution is 2.56. The van der Waals surface area contributed by atoms with Crippen molar-refractivity contribution in [3.63, 3.8) is 0 Å². The zero-order valence-electron chi connectivity index (χ0n) is 37.4. The molecule has 0 fully saturated rings. The van der Waals surface area contributed by atoms with Crippen LogP contribution in [-0.2, 0) is 20.2 Å². The summed E-state index contributed by atoms with van der Waals surface area (Å²) in [4.78, 5) is 23.3. The lowest BCUT2D eigenvalue weighted by Gasteiger charge is -2.23. The van der Waals surface area contributed by atoms with Gasteiger partial charge in [0.1, 0.15) is 60.9 Å². The Hall–Kier alpha value is -6.45. The Morgan fingerprint density at radius 2 is 1.05 bits per heavy atom. The van der Waals surface area contributed by atoms with E-state index in [1.165, 1.54) is 36.4 Å². The number of phenolic OH excluding ortho intramolecular Hbond substituents is 2. The molecule has 0 radical (unpaired) electrons. The van der Waals surface area contributed by atoms with Crippen LogP contribution in [0.25, 0.3) is 21.5 Å². The molecule has 31 heteroatoms. The lowest BCUT2D eigenvalue weighted by molar-refractivity contribution is 0.101. The van der Waals surface area contributed by atoms with E-state index in [1.807, 2.05) is 0 Å². The minimum absolute atomic E-state index is 0.0272.